The number of hydrogen-bond donors (Lipinski definition) is 2. The smallest absolute Gasteiger partial charge is 0.317 e. The van der Waals surface area contributed by atoms with Gasteiger partial charge in [-0.1, -0.05) is 19.3 Å². The minimum atomic E-state index is -0.491. The third kappa shape index (κ3) is 6.62. The number of fused-ring (bicyclic) bond motifs is 1. The molecule has 1 aromatic heterocycles. The summed E-state index contributed by atoms with van der Waals surface area (Å²) in [6, 6.07) is 12.7. The van der Waals surface area contributed by atoms with Crippen molar-refractivity contribution in [2.24, 2.45) is 0 Å². The first-order chi connectivity index (χ1) is 21.4. The Hall–Kier alpha value is -4.25. The van der Waals surface area contributed by atoms with Gasteiger partial charge in [0.2, 0.25) is 0 Å². The number of piperazine rings is 2. The predicted octanol–water partition coefficient (Wildman–Crippen LogP) is 3.97. The monoisotopic (exact) mass is 602 g/mol. The molecule has 0 unspecified atom stereocenters. The quantitative estimate of drug-likeness (QED) is 0.436. The van der Waals surface area contributed by atoms with Gasteiger partial charge in [-0.15, -0.1) is 0 Å². The van der Waals surface area contributed by atoms with Gasteiger partial charge in [0.05, 0.1) is 18.2 Å². The lowest BCUT2D eigenvalue weighted by molar-refractivity contribution is 0.0997. The highest BCUT2D eigenvalue weighted by molar-refractivity contribution is 6.03. The van der Waals surface area contributed by atoms with Crippen LogP contribution < -0.4 is 30.6 Å². The van der Waals surface area contributed by atoms with Crippen LogP contribution in [0.3, 0.4) is 0 Å². The largest absolute Gasteiger partial charge is 0.497 e. The van der Waals surface area contributed by atoms with Crippen LogP contribution in [-0.4, -0.2) is 94.3 Å². The van der Waals surface area contributed by atoms with Gasteiger partial charge in [0.15, 0.2) is 16.8 Å². The highest BCUT2D eigenvalue weighted by atomic mass is 16.5. The van der Waals surface area contributed by atoms with Crippen LogP contribution in [0.1, 0.15) is 42.7 Å². The number of urea groups is 1. The second kappa shape index (κ2) is 13.2. The van der Waals surface area contributed by atoms with Gasteiger partial charge in [-0.2, -0.15) is 0 Å². The summed E-state index contributed by atoms with van der Waals surface area (Å²) in [4.78, 5) is 47.7. The summed E-state index contributed by atoms with van der Waals surface area (Å²) in [7, 11) is 3.65. The van der Waals surface area contributed by atoms with Crippen LogP contribution in [0.2, 0.25) is 0 Å². The van der Waals surface area contributed by atoms with E-state index in [-0.39, 0.29) is 17.2 Å². The molecule has 3 heterocycles. The number of ether oxygens (including phenoxy) is 1. The summed E-state index contributed by atoms with van der Waals surface area (Å²) in [5.41, 5.74) is 2.46. The molecule has 44 heavy (non-hydrogen) atoms. The van der Waals surface area contributed by atoms with E-state index in [2.05, 4.69) is 32.4 Å². The number of anilines is 3. The molecule has 3 fully saturated rings. The molecule has 11 nitrogen and oxygen atoms in total. The fourth-order valence-corrected chi connectivity index (χ4v) is 6.36. The first-order valence-electron chi connectivity index (χ1n) is 15.7. The molecule has 3 aromatic rings. The summed E-state index contributed by atoms with van der Waals surface area (Å²) in [6.07, 6.45) is 5.81. The number of methoxy groups -OCH3 is 1. The average molecular weight is 603 g/mol. The third-order valence-electron chi connectivity index (χ3n) is 9.08. The van der Waals surface area contributed by atoms with Crippen LogP contribution >= 0.6 is 0 Å². The second-order valence-electron chi connectivity index (χ2n) is 12.0. The maximum absolute atomic E-state index is 13.3. The first-order valence-corrected chi connectivity index (χ1v) is 15.7. The van der Waals surface area contributed by atoms with Gasteiger partial charge < -0.3 is 39.4 Å². The van der Waals surface area contributed by atoms with Gasteiger partial charge in [-0.05, 0) is 50.2 Å². The number of nitrogens with zero attached hydrogens (tertiary/aromatic N) is 4. The Morgan fingerprint density at radius 3 is 2.23 bits per heavy atom. The molecule has 0 atom stereocenters. The Balaban J connectivity index is 1.10. The molecule has 234 valence electrons. The van der Waals surface area contributed by atoms with Crippen LogP contribution in [0.25, 0.3) is 11.0 Å². The Bertz CT molecular complexity index is 1530. The third-order valence-corrected chi connectivity index (χ3v) is 9.08. The molecular weight excluding hydrogens is 560 g/mol. The van der Waals surface area contributed by atoms with Crippen molar-refractivity contribution in [3.63, 3.8) is 0 Å². The summed E-state index contributed by atoms with van der Waals surface area (Å²) in [6.45, 7) is 6.12. The zero-order valence-corrected chi connectivity index (χ0v) is 25.6. The van der Waals surface area contributed by atoms with E-state index >= 15 is 0 Å². The molecule has 11 heteroatoms. The fraction of sp³-hybridized carbons (Fsp3) is 0.485. The van der Waals surface area contributed by atoms with Gasteiger partial charge in [0, 0.05) is 81.9 Å². The first kappa shape index (κ1) is 29.8. The Labute approximate surface area is 257 Å². The van der Waals surface area contributed by atoms with Crippen molar-refractivity contribution >= 4 is 40.0 Å². The van der Waals surface area contributed by atoms with Crippen molar-refractivity contribution in [1.82, 2.24) is 15.1 Å². The lowest BCUT2D eigenvalue weighted by Gasteiger charge is -2.37. The molecule has 2 saturated heterocycles. The van der Waals surface area contributed by atoms with Crippen molar-refractivity contribution in [1.29, 1.82) is 0 Å². The number of amides is 3. The Morgan fingerprint density at radius 1 is 0.864 bits per heavy atom. The van der Waals surface area contributed by atoms with E-state index < -0.39 is 5.91 Å². The molecular formula is C33H42N6O5. The lowest BCUT2D eigenvalue weighted by Crippen LogP contribution is -2.53. The zero-order valence-electron chi connectivity index (χ0n) is 25.6. The van der Waals surface area contributed by atoms with Crippen molar-refractivity contribution in [3.05, 3.63) is 58.4 Å². The maximum atomic E-state index is 13.3. The Kier molecular flexibility index (Phi) is 8.92. The van der Waals surface area contributed by atoms with E-state index in [1.54, 1.807) is 13.2 Å². The number of likely N-dealkylation sites (N-methyl/N-ethyl adjacent to an activating group) is 1. The molecule has 0 bridgehead atoms. The standard InChI is InChI=1S/C33H42N6O5/c1-36-12-14-38(15-13-36)28-21-26(43-2)20-27-29(40)22-30(44-31(27)28)32(41)34-24-8-10-25(11-9-24)37-16-18-39(19-17-37)33(42)35-23-6-4-3-5-7-23/h8-11,20-23H,3-7,12-19H2,1-2H3,(H,34,41)(H,35,42). The van der Waals surface area contributed by atoms with E-state index in [1.165, 1.54) is 25.3 Å². The van der Waals surface area contributed by atoms with Gasteiger partial charge in [-0.25, -0.2) is 4.79 Å². The van der Waals surface area contributed by atoms with Crippen molar-refractivity contribution < 1.29 is 18.7 Å². The van der Waals surface area contributed by atoms with Gasteiger partial charge in [0.25, 0.3) is 5.91 Å². The highest BCUT2D eigenvalue weighted by Gasteiger charge is 2.25. The minimum absolute atomic E-state index is 0.0461. The van der Waals surface area contributed by atoms with E-state index in [1.807, 2.05) is 35.2 Å². The second-order valence-corrected chi connectivity index (χ2v) is 12.0. The van der Waals surface area contributed by atoms with E-state index in [0.717, 1.165) is 63.5 Å². The number of carbonyl (C=O) groups is 2. The topological polar surface area (TPSA) is 111 Å². The highest BCUT2D eigenvalue weighted by Crippen LogP contribution is 2.32. The van der Waals surface area contributed by atoms with Crippen LogP contribution in [0, 0.1) is 0 Å². The predicted molar refractivity (Wildman–Crippen MR) is 172 cm³/mol. The van der Waals surface area contributed by atoms with Crippen molar-refractivity contribution in [2.45, 2.75) is 38.1 Å². The van der Waals surface area contributed by atoms with Crippen molar-refractivity contribution in [3.8, 4) is 5.75 Å². The molecule has 0 spiro atoms. The van der Waals surface area contributed by atoms with Crippen LogP contribution in [0.5, 0.6) is 5.75 Å². The van der Waals surface area contributed by atoms with Crippen molar-refractivity contribution in [2.75, 3.05) is 81.6 Å². The summed E-state index contributed by atoms with van der Waals surface area (Å²) in [5, 5.41) is 6.47. The molecule has 2 N–H and O–H groups in total. The molecule has 3 aliphatic rings. The summed E-state index contributed by atoms with van der Waals surface area (Å²) in [5.74, 6) is 0.0318. The Morgan fingerprint density at radius 2 is 1.55 bits per heavy atom. The number of nitrogens with one attached hydrogen (secondary N) is 2. The van der Waals surface area contributed by atoms with E-state index in [4.69, 9.17) is 9.15 Å². The van der Waals surface area contributed by atoms with E-state index in [9.17, 15) is 14.4 Å². The van der Waals surface area contributed by atoms with E-state index in [0.29, 0.717) is 41.5 Å². The SMILES string of the molecule is COc1cc(N2CCN(C)CC2)c2oc(C(=O)Nc3ccc(N4CCN(C(=O)NC5CCCCC5)CC4)cc3)cc(=O)c2c1. The molecule has 1 saturated carbocycles. The van der Waals surface area contributed by atoms with Crippen LogP contribution in [0.15, 0.2) is 51.7 Å². The average Bonchev–Trinajstić information content (AvgIpc) is 3.05. The van der Waals surface area contributed by atoms with Gasteiger partial charge in [0.1, 0.15) is 5.75 Å². The van der Waals surface area contributed by atoms with Crippen LogP contribution in [-0.2, 0) is 0 Å². The normalized spacial score (nSPS) is 18.4. The molecule has 1 aliphatic carbocycles. The maximum Gasteiger partial charge on any atom is 0.317 e. The molecule has 6 rings (SSSR count). The van der Waals surface area contributed by atoms with Gasteiger partial charge in [-0.3, -0.25) is 9.59 Å². The zero-order chi connectivity index (χ0) is 30.6. The van der Waals surface area contributed by atoms with Gasteiger partial charge >= 0.3 is 6.03 Å². The fourth-order valence-electron chi connectivity index (χ4n) is 6.36. The number of carbonyl (C=O) groups excluding carboxylic acids is 2. The van der Waals surface area contributed by atoms with Crippen LogP contribution in [0.4, 0.5) is 21.9 Å². The number of rotatable bonds is 6. The lowest BCUT2D eigenvalue weighted by atomic mass is 9.96. The molecule has 0 radical (unpaired) electrons. The molecule has 3 amide bonds. The summed E-state index contributed by atoms with van der Waals surface area (Å²) >= 11 is 0. The minimum Gasteiger partial charge on any atom is -0.497 e. The molecule has 2 aliphatic heterocycles. The number of benzene rings is 2. The number of hydrogen-bond acceptors (Lipinski definition) is 8. The summed E-state index contributed by atoms with van der Waals surface area (Å²) < 4.78 is 11.6. The molecule has 2 aromatic carbocycles.